The maximum Gasteiger partial charge on any atom is 0.217 e. The van der Waals surface area contributed by atoms with E-state index in [1.807, 2.05) is 0 Å². The Morgan fingerprint density at radius 2 is 1.73 bits per heavy atom. The zero-order valence-electron chi connectivity index (χ0n) is 21.8. The molecule has 1 aromatic carbocycles. The van der Waals surface area contributed by atoms with Gasteiger partial charge in [-0.2, -0.15) is 0 Å². The van der Waals surface area contributed by atoms with Gasteiger partial charge in [0, 0.05) is 60.2 Å². The highest BCUT2D eigenvalue weighted by atomic mass is 16.3. The Kier molecular flexibility index (Phi) is 5.36. The van der Waals surface area contributed by atoms with Crippen molar-refractivity contribution >= 4 is 16.8 Å². The summed E-state index contributed by atoms with van der Waals surface area (Å²) >= 11 is 0. The molecule has 3 heterocycles. The molecular formula is C30H38N4O3. The van der Waals surface area contributed by atoms with E-state index in [0.29, 0.717) is 24.3 Å². The summed E-state index contributed by atoms with van der Waals surface area (Å²) in [5, 5.41) is 26.7. The molecule has 2 bridgehead atoms. The van der Waals surface area contributed by atoms with Crippen LogP contribution in [0.5, 0.6) is 11.8 Å². The third kappa shape index (κ3) is 3.69. The maximum atomic E-state index is 11.7. The van der Waals surface area contributed by atoms with Gasteiger partial charge in [-0.05, 0) is 80.0 Å². The molecule has 2 saturated carbocycles. The molecule has 4 unspecified atom stereocenters. The molecular weight excluding hydrogens is 464 g/mol. The molecule has 7 nitrogen and oxygen atoms in total. The lowest BCUT2D eigenvalue weighted by Crippen LogP contribution is -2.40. The number of likely N-dealkylation sites (tertiary alicyclic amines) is 1. The zero-order valence-corrected chi connectivity index (χ0v) is 21.8. The van der Waals surface area contributed by atoms with E-state index in [0.717, 1.165) is 43.6 Å². The van der Waals surface area contributed by atoms with Crippen molar-refractivity contribution in [2.24, 2.45) is 17.8 Å². The highest BCUT2D eigenvalue weighted by molar-refractivity contribution is 5.83. The molecule has 1 saturated heterocycles. The van der Waals surface area contributed by atoms with Gasteiger partial charge in [-0.3, -0.25) is 9.36 Å². The number of amides is 1. The number of aromatic nitrogens is 2. The van der Waals surface area contributed by atoms with Gasteiger partial charge in [0.15, 0.2) is 11.8 Å². The summed E-state index contributed by atoms with van der Waals surface area (Å²) in [6.07, 6.45) is 6.66. The molecule has 3 aromatic rings. The van der Waals surface area contributed by atoms with Crippen molar-refractivity contribution in [2.45, 2.75) is 69.9 Å². The summed E-state index contributed by atoms with van der Waals surface area (Å²) in [6.45, 7) is 7.77. The van der Waals surface area contributed by atoms with Crippen LogP contribution in [0.15, 0.2) is 30.5 Å². The molecule has 7 heteroatoms. The van der Waals surface area contributed by atoms with Gasteiger partial charge in [0.1, 0.15) is 0 Å². The van der Waals surface area contributed by atoms with E-state index in [2.05, 4.69) is 52.6 Å². The average molecular weight is 503 g/mol. The Hall–Kier alpha value is -2.93. The molecule has 6 atom stereocenters. The van der Waals surface area contributed by atoms with Crippen LogP contribution in [0.1, 0.15) is 74.0 Å². The van der Waals surface area contributed by atoms with Gasteiger partial charge in [0.25, 0.3) is 0 Å². The number of fused-ring (bicyclic) bond motifs is 6. The van der Waals surface area contributed by atoms with Crippen LogP contribution in [0.3, 0.4) is 0 Å². The number of H-pyrrole nitrogens is 1. The Balaban J connectivity index is 0.974. The van der Waals surface area contributed by atoms with Crippen LogP contribution >= 0.6 is 0 Å². The zero-order chi connectivity index (χ0) is 25.4. The number of hydrogen-bond acceptors (Lipinski definition) is 4. The number of carbonyl (C=O) groups is 1. The lowest BCUT2D eigenvalue weighted by Gasteiger charge is -2.32. The Labute approximate surface area is 217 Å². The number of benzene rings is 1. The highest BCUT2D eigenvalue weighted by Gasteiger charge is 2.54. The Morgan fingerprint density at radius 3 is 2.49 bits per heavy atom. The van der Waals surface area contributed by atoms with Crippen LogP contribution in [-0.4, -0.2) is 56.2 Å². The first-order valence-electron chi connectivity index (χ1n) is 14.1. The molecule has 0 spiro atoms. The van der Waals surface area contributed by atoms with Crippen LogP contribution in [0, 0.1) is 17.8 Å². The monoisotopic (exact) mass is 502 g/mol. The molecule has 1 amide bonds. The number of nitrogens with zero attached hydrogens (tertiary/aromatic N) is 2. The summed E-state index contributed by atoms with van der Waals surface area (Å²) in [4.78, 5) is 17.8. The van der Waals surface area contributed by atoms with Gasteiger partial charge in [-0.25, -0.2) is 0 Å². The number of nitrogens with one attached hydrogen (secondary N) is 2. The van der Waals surface area contributed by atoms with Crippen molar-refractivity contribution in [1.82, 2.24) is 19.8 Å². The second-order valence-electron chi connectivity index (χ2n) is 12.2. The van der Waals surface area contributed by atoms with Crippen molar-refractivity contribution in [3.63, 3.8) is 0 Å². The van der Waals surface area contributed by atoms with E-state index >= 15 is 0 Å². The van der Waals surface area contributed by atoms with Crippen molar-refractivity contribution < 1.29 is 15.0 Å². The number of hydrogen-bond donors (Lipinski definition) is 4. The molecule has 196 valence electrons. The third-order valence-electron chi connectivity index (χ3n) is 10.2. The van der Waals surface area contributed by atoms with E-state index in [9.17, 15) is 15.0 Å². The number of piperidine rings is 1. The first-order chi connectivity index (χ1) is 17.9. The fraction of sp³-hybridized carbons (Fsp3) is 0.567. The molecule has 4 aliphatic rings. The Bertz CT molecular complexity index is 1350. The molecule has 3 aliphatic carbocycles. The van der Waals surface area contributed by atoms with E-state index in [1.54, 1.807) is 11.5 Å². The number of carbonyl (C=O) groups excluding carboxylic acids is 1. The fourth-order valence-corrected chi connectivity index (χ4v) is 8.11. The molecule has 37 heavy (non-hydrogen) atoms. The molecule has 0 radical (unpaired) electrons. The van der Waals surface area contributed by atoms with Gasteiger partial charge < -0.3 is 25.4 Å². The maximum absolute atomic E-state index is 11.7. The highest BCUT2D eigenvalue weighted by Crippen LogP contribution is 2.62. The van der Waals surface area contributed by atoms with Crippen molar-refractivity contribution in [3.05, 3.63) is 47.2 Å². The smallest absolute Gasteiger partial charge is 0.217 e. The SMILES string of the molecule is CC(=O)NC1C2CC(c3c2c(O)n(C[C@H]2C[C@@H]2CN2CCC(c4c[nH]c5ccccc45)CC2)c3O)C1C. The normalized spacial score (nSPS) is 31.2. The molecule has 7 rings (SSSR count). The van der Waals surface area contributed by atoms with Gasteiger partial charge in [0.05, 0.1) is 0 Å². The summed E-state index contributed by atoms with van der Waals surface area (Å²) < 4.78 is 1.76. The van der Waals surface area contributed by atoms with Gasteiger partial charge in [0.2, 0.25) is 5.91 Å². The van der Waals surface area contributed by atoms with Crippen molar-refractivity contribution in [3.8, 4) is 11.8 Å². The quantitative estimate of drug-likeness (QED) is 0.396. The number of aromatic amines is 1. The third-order valence-corrected chi connectivity index (χ3v) is 10.2. The summed E-state index contributed by atoms with van der Waals surface area (Å²) in [7, 11) is 0. The van der Waals surface area contributed by atoms with Crippen LogP contribution in [-0.2, 0) is 11.3 Å². The van der Waals surface area contributed by atoms with Crippen LogP contribution in [0.2, 0.25) is 0 Å². The van der Waals surface area contributed by atoms with Gasteiger partial charge in [-0.1, -0.05) is 25.1 Å². The summed E-state index contributed by atoms with van der Waals surface area (Å²) in [5.41, 5.74) is 4.52. The lowest BCUT2D eigenvalue weighted by molar-refractivity contribution is -0.120. The van der Waals surface area contributed by atoms with Crippen molar-refractivity contribution in [2.75, 3.05) is 19.6 Å². The number of para-hydroxylation sites is 1. The first kappa shape index (κ1) is 23.2. The van der Waals surface area contributed by atoms with Crippen LogP contribution in [0.25, 0.3) is 10.9 Å². The standard InChI is InChI=1S/C30H38N4O3/c1-16-22-12-23(28(16)32-17(2)35)27-26(22)29(36)34(30(27)37)15-20-11-19(20)14-33-9-7-18(8-10-33)24-13-31-25-6-4-3-5-21(24)25/h3-6,13,16,18-20,22-23,28,31,36-37H,7-12,14-15H2,1-2H3,(H,32,35)/t16?,19-,20-,22?,23?,28?/m1/s1. The minimum atomic E-state index is -0.0274. The molecule has 1 aliphatic heterocycles. The minimum absolute atomic E-state index is 0.0274. The minimum Gasteiger partial charge on any atom is -0.494 e. The largest absolute Gasteiger partial charge is 0.494 e. The van der Waals surface area contributed by atoms with E-state index < -0.39 is 0 Å². The second-order valence-corrected chi connectivity index (χ2v) is 12.2. The van der Waals surface area contributed by atoms with E-state index in [-0.39, 0.29) is 41.5 Å². The number of rotatable bonds is 6. The number of aromatic hydroxyl groups is 2. The summed E-state index contributed by atoms with van der Waals surface area (Å²) in [5.74, 6) is 2.78. The topological polar surface area (TPSA) is 93.5 Å². The molecule has 2 aromatic heterocycles. The van der Waals surface area contributed by atoms with Crippen LogP contribution in [0.4, 0.5) is 0 Å². The van der Waals surface area contributed by atoms with E-state index in [1.165, 1.54) is 29.3 Å². The second kappa shape index (κ2) is 8.55. The van der Waals surface area contributed by atoms with E-state index in [4.69, 9.17) is 0 Å². The predicted octanol–water partition coefficient (Wildman–Crippen LogP) is 4.62. The Morgan fingerprint density at radius 1 is 1.03 bits per heavy atom. The van der Waals surface area contributed by atoms with Gasteiger partial charge in [-0.15, -0.1) is 0 Å². The van der Waals surface area contributed by atoms with Gasteiger partial charge >= 0.3 is 0 Å². The molecule has 3 fully saturated rings. The summed E-state index contributed by atoms with van der Waals surface area (Å²) in [6, 6.07) is 8.64. The molecule has 4 N–H and O–H groups in total. The predicted molar refractivity (Wildman–Crippen MR) is 143 cm³/mol. The van der Waals surface area contributed by atoms with Crippen molar-refractivity contribution in [1.29, 1.82) is 0 Å². The lowest BCUT2D eigenvalue weighted by atomic mass is 9.82. The fourth-order valence-electron chi connectivity index (χ4n) is 8.11. The van der Waals surface area contributed by atoms with Crippen LogP contribution < -0.4 is 5.32 Å². The first-order valence-corrected chi connectivity index (χ1v) is 14.1. The average Bonchev–Trinajstić information content (AvgIpc) is 3.17.